The average molecular weight is 370 g/mol. The monoisotopic (exact) mass is 370 g/mol. The summed E-state index contributed by atoms with van der Waals surface area (Å²) in [6.07, 6.45) is 5.66. The molecule has 0 saturated carbocycles. The Hall–Kier alpha value is -2.18. The van der Waals surface area contributed by atoms with Crippen molar-refractivity contribution in [3.63, 3.8) is 0 Å². The average Bonchev–Trinajstić information content (AvgIpc) is 3.11. The van der Waals surface area contributed by atoms with E-state index in [-0.39, 0.29) is 18.1 Å². The summed E-state index contributed by atoms with van der Waals surface area (Å²) in [5.41, 5.74) is 1.31. The normalized spacial score (nSPS) is 19.0. The molecule has 2 atom stereocenters. The van der Waals surface area contributed by atoms with E-state index in [0.717, 1.165) is 32.5 Å². The third-order valence-corrected chi connectivity index (χ3v) is 4.91. The maximum atomic E-state index is 12.7. The number of nitrogens with one attached hydrogen (secondary N) is 1. The van der Waals surface area contributed by atoms with E-state index in [2.05, 4.69) is 39.5 Å². The van der Waals surface area contributed by atoms with Crippen molar-refractivity contribution < 1.29 is 9.53 Å². The fraction of sp³-hybridized carbons (Fsp3) is 0.524. The standard InChI is InChI=1S/C21H30N4O2/c1-3-27-17(2)14-25-13-11-22-20(25)21(26)23-19-10-7-12-24(16-19)15-18-8-5-4-6-9-18/h4-6,8-9,11,13,17,19H,3,7,10,12,14-16H2,1-2H3,(H,23,26)/t17?,19-/m1/s1. The van der Waals surface area contributed by atoms with Gasteiger partial charge in [-0.2, -0.15) is 0 Å². The second kappa shape index (κ2) is 9.67. The van der Waals surface area contributed by atoms with Crippen molar-refractivity contribution in [3.8, 4) is 0 Å². The number of hydrogen-bond donors (Lipinski definition) is 1. The molecule has 1 amide bonds. The molecule has 0 spiro atoms. The highest BCUT2D eigenvalue weighted by atomic mass is 16.5. The van der Waals surface area contributed by atoms with Gasteiger partial charge in [0.05, 0.1) is 12.6 Å². The van der Waals surface area contributed by atoms with Crippen molar-refractivity contribution in [2.24, 2.45) is 0 Å². The van der Waals surface area contributed by atoms with Crippen molar-refractivity contribution in [1.29, 1.82) is 0 Å². The van der Waals surface area contributed by atoms with Gasteiger partial charge in [0, 0.05) is 38.1 Å². The Morgan fingerprint density at radius 1 is 1.37 bits per heavy atom. The van der Waals surface area contributed by atoms with Gasteiger partial charge >= 0.3 is 0 Å². The first-order valence-corrected chi connectivity index (χ1v) is 9.85. The molecule has 0 bridgehead atoms. The van der Waals surface area contributed by atoms with E-state index in [9.17, 15) is 4.79 Å². The molecule has 1 aliphatic rings. The van der Waals surface area contributed by atoms with Crippen LogP contribution in [0.25, 0.3) is 0 Å². The zero-order chi connectivity index (χ0) is 19.1. The van der Waals surface area contributed by atoms with E-state index in [0.29, 0.717) is 19.0 Å². The van der Waals surface area contributed by atoms with Gasteiger partial charge < -0.3 is 14.6 Å². The molecule has 1 N–H and O–H groups in total. The van der Waals surface area contributed by atoms with E-state index in [1.54, 1.807) is 6.20 Å². The number of aromatic nitrogens is 2. The molecule has 146 valence electrons. The number of benzene rings is 1. The van der Waals surface area contributed by atoms with E-state index >= 15 is 0 Å². The fourth-order valence-electron chi connectivity index (χ4n) is 3.69. The number of carbonyl (C=O) groups is 1. The van der Waals surface area contributed by atoms with Crippen molar-refractivity contribution in [3.05, 3.63) is 54.1 Å². The lowest BCUT2D eigenvalue weighted by atomic mass is 10.0. The number of piperidine rings is 1. The van der Waals surface area contributed by atoms with Crippen LogP contribution < -0.4 is 5.32 Å². The Labute approximate surface area is 161 Å². The maximum Gasteiger partial charge on any atom is 0.287 e. The lowest BCUT2D eigenvalue weighted by Crippen LogP contribution is -2.47. The molecule has 6 heteroatoms. The third-order valence-electron chi connectivity index (χ3n) is 4.91. The summed E-state index contributed by atoms with van der Waals surface area (Å²) in [6, 6.07) is 10.6. The first kappa shape index (κ1) is 19.6. The van der Waals surface area contributed by atoms with Gasteiger partial charge in [0.25, 0.3) is 5.91 Å². The summed E-state index contributed by atoms with van der Waals surface area (Å²) in [5, 5.41) is 3.18. The smallest absolute Gasteiger partial charge is 0.287 e. The largest absolute Gasteiger partial charge is 0.377 e. The highest BCUT2D eigenvalue weighted by Gasteiger charge is 2.23. The molecule has 1 fully saturated rings. The van der Waals surface area contributed by atoms with Gasteiger partial charge in [-0.05, 0) is 38.8 Å². The molecule has 27 heavy (non-hydrogen) atoms. The summed E-state index contributed by atoms with van der Waals surface area (Å²) in [7, 11) is 0. The van der Waals surface area contributed by atoms with Crippen molar-refractivity contribution in [2.75, 3.05) is 19.7 Å². The highest BCUT2D eigenvalue weighted by molar-refractivity contribution is 5.91. The molecule has 1 saturated heterocycles. The van der Waals surface area contributed by atoms with Gasteiger partial charge in [-0.15, -0.1) is 0 Å². The van der Waals surface area contributed by atoms with Crippen molar-refractivity contribution in [2.45, 2.75) is 51.9 Å². The van der Waals surface area contributed by atoms with Crippen molar-refractivity contribution in [1.82, 2.24) is 19.8 Å². The van der Waals surface area contributed by atoms with E-state index in [4.69, 9.17) is 4.74 Å². The predicted molar refractivity (Wildman–Crippen MR) is 106 cm³/mol. The summed E-state index contributed by atoms with van der Waals surface area (Å²) in [6.45, 7) is 8.14. The number of carbonyl (C=O) groups excluding carboxylic acids is 1. The molecule has 2 heterocycles. The van der Waals surface area contributed by atoms with E-state index in [1.807, 2.05) is 30.7 Å². The Balaban J connectivity index is 1.55. The Morgan fingerprint density at radius 3 is 2.96 bits per heavy atom. The lowest BCUT2D eigenvalue weighted by molar-refractivity contribution is 0.0626. The molecule has 0 aliphatic carbocycles. The Morgan fingerprint density at radius 2 is 2.19 bits per heavy atom. The minimum atomic E-state index is -0.102. The number of rotatable bonds is 8. The van der Waals surface area contributed by atoms with E-state index < -0.39 is 0 Å². The van der Waals surface area contributed by atoms with Crippen LogP contribution in [0.3, 0.4) is 0 Å². The van der Waals surface area contributed by atoms with Gasteiger partial charge in [0.1, 0.15) is 0 Å². The first-order chi connectivity index (χ1) is 13.2. The van der Waals surface area contributed by atoms with Crippen molar-refractivity contribution >= 4 is 5.91 Å². The SMILES string of the molecule is CCOC(C)Cn1ccnc1C(=O)N[C@@H]1CCCN(Cc2ccccc2)C1. The van der Waals surface area contributed by atoms with Crippen LogP contribution in [0, 0.1) is 0 Å². The lowest BCUT2D eigenvalue weighted by Gasteiger charge is -2.33. The molecule has 1 aliphatic heterocycles. The van der Waals surface area contributed by atoms with Gasteiger partial charge in [-0.25, -0.2) is 4.98 Å². The van der Waals surface area contributed by atoms with Crippen LogP contribution >= 0.6 is 0 Å². The van der Waals surface area contributed by atoms with Crippen LogP contribution in [0.4, 0.5) is 0 Å². The zero-order valence-corrected chi connectivity index (χ0v) is 16.3. The summed E-state index contributed by atoms with van der Waals surface area (Å²) >= 11 is 0. The van der Waals surface area contributed by atoms with Crippen LogP contribution in [-0.4, -0.2) is 52.2 Å². The number of imidazole rings is 1. The molecule has 1 aromatic heterocycles. The maximum absolute atomic E-state index is 12.7. The van der Waals surface area contributed by atoms with Gasteiger partial charge in [0.15, 0.2) is 5.82 Å². The molecule has 0 radical (unpaired) electrons. The quantitative estimate of drug-likeness (QED) is 0.776. The minimum absolute atomic E-state index is 0.0480. The van der Waals surface area contributed by atoms with Gasteiger partial charge in [-0.3, -0.25) is 9.69 Å². The van der Waals surface area contributed by atoms with Crippen LogP contribution in [0.15, 0.2) is 42.7 Å². The number of amides is 1. The number of ether oxygens (including phenoxy) is 1. The number of nitrogens with zero attached hydrogens (tertiary/aromatic N) is 3. The summed E-state index contributed by atoms with van der Waals surface area (Å²) in [5.74, 6) is 0.358. The minimum Gasteiger partial charge on any atom is -0.377 e. The van der Waals surface area contributed by atoms with Crippen LogP contribution in [0.5, 0.6) is 0 Å². The highest BCUT2D eigenvalue weighted by Crippen LogP contribution is 2.14. The second-order valence-corrected chi connectivity index (χ2v) is 7.20. The fourth-order valence-corrected chi connectivity index (χ4v) is 3.69. The Kier molecular flexibility index (Phi) is 7.01. The van der Waals surface area contributed by atoms with Crippen LogP contribution in [0.2, 0.25) is 0 Å². The first-order valence-electron chi connectivity index (χ1n) is 9.85. The Bertz CT molecular complexity index is 716. The topological polar surface area (TPSA) is 59.4 Å². The molecule has 2 aromatic rings. The summed E-state index contributed by atoms with van der Waals surface area (Å²) in [4.78, 5) is 19.4. The summed E-state index contributed by atoms with van der Waals surface area (Å²) < 4.78 is 7.46. The molecule has 1 unspecified atom stereocenters. The molecule has 6 nitrogen and oxygen atoms in total. The van der Waals surface area contributed by atoms with E-state index in [1.165, 1.54) is 5.56 Å². The third kappa shape index (κ3) is 5.65. The zero-order valence-electron chi connectivity index (χ0n) is 16.3. The number of hydrogen-bond acceptors (Lipinski definition) is 4. The molecule has 3 rings (SSSR count). The number of likely N-dealkylation sites (tertiary alicyclic amines) is 1. The van der Waals surface area contributed by atoms with Gasteiger partial charge in [-0.1, -0.05) is 30.3 Å². The van der Waals surface area contributed by atoms with Crippen LogP contribution in [-0.2, 0) is 17.8 Å². The predicted octanol–water partition coefficient (Wildman–Crippen LogP) is 2.70. The van der Waals surface area contributed by atoms with Gasteiger partial charge in [0.2, 0.25) is 0 Å². The van der Waals surface area contributed by atoms with Crippen LogP contribution in [0.1, 0.15) is 42.9 Å². The molecule has 1 aromatic carbocycles. The molecular weight excluding hydrogens is 340 g/mol. The molecular formula is C21H30N4O2. The second-order valence-electron chi connectivity index (χ2n) is 7.20.